The van der Waals surface area contributed by atoms with E-state index in [0.717, 1.165) is 37.3 Å². The SMILES string of the molecule is CC1(Cc2ccc3c(c2)OCO3)CCCN(C(=O)c2ccc3nnnn3c2)C1. The molecule has 0 spiro atoms. The van der Waals surface area contributed by atoms with Crippen LogP contribution in [0.2, 0.25) is 0 Å². The van der Waals surface area contributed by atoms with Crippen LogP contribution < -0.4 is 9.47 Å². The second kappa shape index (κ2) is 6.47. The topological polar surface area (TPSA) is 81.9 Å². The Balaban J connectivity index is 1.33. The molecule has 1 amide bonds. The maximum atomic E-state index is 13.1. The Hall–Kier alpha value is -3.16. The number of aromatic nitrogens is 4. The van der Waals surface area contributed by atoms with Crippen LogP contribution in [0.1, 0.15) is 35.7 Å². The van der Waals surface area contributed by atoms with Crippen LogP contribution in [0.4, 0.5) is 0 Å². The summed E-state index contributed by atoms with van der Waals surface area (Å²) >= 11 is 0. The van der Waals surface area contributed by atoms with E-state index < -0.39 is 0 Å². The Labute approximate surface area is 162 Å². The lowest BCUT2D eigenvalue weighted by molar-refractivity contribution is 0.0550. The van der Waals surface area contributed by atoms with E-state index in [1.54, 1.807) is 18.3 Å². The summed E-state index contributed by atoms with van der Waals surface area (Å²) in [6.07, 6.45) is 4.65. The van der Waals surface area contributed by atoms with Gasteiger partial charge in [-0.3, -0.25) is 4.79 Å². The smallest absolute Gasteiger partial charge is 0.255 e. The van der Waals surface area contributed by atoms with Gasteiger partial charge in [0.2, 0.25) is 6.79 Å². The number of hydrogen-bond acceptors (Lipinski definition) is 6. The van der Waals surface area contributed by atoms with Gasteiger partial charge in [0.05, 0.1) is 5.56 Å². The molecule has 0 bridgehead atoms. The third-order valence-corrected chi connectivity index (χ3v) is 5.57. The Bertz CT molecular complexity index is 1050. The largest absolute Gasteiger partial charge is 0.454 e. The highest BCUT2D eigenvalue weighted by atomic mass is 16.7. The summed E-state index contributed by atoms with van der Waals surface area (Å²) in [5.74, 6) is 1.63. The Kier molecular flexibility index (Phi) is 3.92. The molecule has 0 saturated carbocycles. The van der Waals surface area contributed by atoms with Crippen molar-refractivity contribution in [2.45, 2.75) is 26.2 Å². The third-order valence-electron chi connectivity index (χ3n) is 5.57. The second-order valence-electron chi connectivity index (χ2n) is 7.90. The summed E-state index contributed by atoms with van der Waals surface area (Å²) < 4.78 is 12.4. The minimum Gasteiger partial charge on any atom is -0.454 e. The van der Waals surface area contributed by atoms with Gasteiger partial charge in [-0.15, -0.1) is 5.10 Å². The summed E-state index contributed by atoms with van der Waals surface area (Å²) in [5.41, 5.74) is 2.45. The molecule has 0 radical (unpaired) electrons. The van der Waals surface area contributed by atoms with Crippen molar-refractivity contribution >= 4 is 11.6 Å². The maximum absolute atomic E-state index is 13.1. The number of benzene rings is 1. The van der Waals surface area contributed by atoms with Crippen LogP contribution in [0.5, 0.6) is 11.5 Å². The van der Waals surface area contributed by atoms with E-state index in [0.29, 0.717) is 17.8 Å². The van der Waals surface area contributed by atoms with Crippen molar-refractivity contribution in [1.29, 1.82) is 0 Å². The average Bonchev–Trinajstić information content (AvgIpc) is 3.35. The Morgan fingerprint density at radius 1 is 1.21 bits per heavy atom. The van der Waals surface area contributed by atoms with Crippen molar-refractivity contribution in [3.63, 3.8) is 0 Å². The molecule has 1 unspecified atom stereocenters. The molecule has 0 N–H and O–H groups in total. The fraction of sp³-hybridized carbons (Fsp3) is 0.400. The molecule has 4 heterocycles. The van der Waals surface area contributed by atoms with Crippen LogP contribution in [0, 0.1) is 5.41 Å². The first kappa shape index (κ1) is 17.0. The number of amides is 1. The zero-order valence-corrected chi connectivity index (χ0v) is 15.7. The molecular formula is C20H21N5O3. The van der Waals surface area contributed by atoms with Crippen LogP contribution in [0.3, 0.4) is 0 Å². The first-order valence-electron chi connectivity index (χ1n) is 9.45. The first-order chi connectivity index (χ1) is 13.6. The Morgan fingerprint density at radius 3 is 3.04 bits per heavy atom. The molecule has 0 aliphatic carbocycles. The fourth-order valence-corrected chi connectivity index (χ4v) is 4.23. The van der Waals surface area contributed by atoms with Crippen LogP contribution in [0.15, 0.2) is 36.5 Å². The number of carbonyl (C=O) groups excluding carboxylic acids is 1. The van der Waals surface area contributed by atoms with Crippen molar-refractivity contribution in [2.75, 3.05) is 19.9 Å². The number of hydrogen-bond donors (Lipinski definition) is 0. The lowest BCUT2D eigenvalue weighted by atomic mass is 9.76. The zero-order chi connectivity index (χ0) is 19.1. The van der Waals surface area contributed by atoms with Crippen molar-refractivity contribution in [3.05, 3.63) is 47.7 Å². The standard InChI is InChI=1S/C20H21N5O3/c1-20(10-14-3-5-16-17(9-14)28-13-27-16)7-2-8-24(12-20)19(26)15-4-6-18-21-22-23-25(18)11-15/h3-6,9,11H,2,7-8,10,12-13H2,1H3. The molecular weight excluding hydrogens is 358 g/mol. The van der Waals surface area contributed by atoms with Gasteiger partial charge < -0.3 is 14.4 Å². The van der Waals surface area contributed by atoms with E-state index in [9.17, 15) is 4.79 Å². The molecule has 1 atom stereocenters. The van der Waals surface area contributed by atoms with E-state index in [-0.39, 0.29) is 18.1 Å². The molecule has 1 aromatic carbocycles. The monoisotopic (exact) mass is 379 g/mol. The number of piperidine rings is 1. The number of tetrazole rings is 1. The van der Waals surface area contributed by atoms with Crippen LogP contribution >= 0.6 is 0 Å². The summed E-state index contributed by atoms with van der Waals surface area (Å²) in [6.45, 7) is 4.02. The molecule has 1 saturated heterocycles. The number of fused-ring (bicyclic) bond motifs is 2. The lowest BCUT2D eigenvalue weighted by Gasteiger charge is -2.40. The molecule has 8 nitrogen and oxygen atoms in total. The molecule has 2 aliphatic heterocycles. The third kappa shape index (κ3) is 3.04. The molecule has 8 heteroatoms. The van der Waals surface area contributed by atoms with E-state index in [1.165, 1.54) is 10.1 Å². The Morgan fingerprint density at radius 2 is 2.11 bits per heavy atom. The second-order valence-corrected chi connectivity index (χ2v) is 7.90. The minimum absolute atomic E-state index is 0.0144. The minimum atomic E-state index is 0.0144. The number of nitrogens with zero attached hydrogens (tertiary/aromatic N) is 5. The highest BCUT2D eigenvalue weighted by Crippen LogP contribution is 2.37. The van der Waals surface area contributed by atoms with Gasteiger partial charge in [-0.25, -0.2) is 0 Å². The molecule has 2 aliphatic rings. The molecule has 5 rings (SSSR count). The first-order valence-corrected chi connectivity index (χ1v) is 9.45. The molecule has 3 aromatic rings. The molecule has 1 fully saturated rings. The van der Waals surface area contributed by atoms with Gasteiger partial charge in [-0.05, 0) is 64.9 Å². The van der Waals surface area contributed by atoms with E-state index in [4.69, 9.17) is 9.47 Å². The van der Waals surface area contributed by atoms with Crippen molar-refractivity contribution in [1.82, 2.24) is 24.9 Å². The predicted molar refractivity (Wildman–Crippen MR) is 100 cm³/mol. The number of ether oxygens (including phenoxy) is 2. The van der Waals surface area contributed by atoms with Gasteiger partial charge in [0.25, 0.3) is 5.91 Å². The number of likely N-dealkylation sites (tertiary alicyclic amines) is 1. The van der Waals surface area contributed by atoms with Gasteiger partial charge in [0.15, 0.2) is 17.1 Å². The lowest BCUT2D eigenvalue weighted by Crippen LogP contribution is -2.45. The predicted octanol–water partition coefficient (Wildman–Crippen LogP) is 2.34. The van der Waals surface area contributed by atoms with Crippen LogP contribution in [-0.2, 0) is 6.42 Å². The quantitative estimate of drug-likeness (QED) is 0.695. The molecule has 2 aromatic heterocycles. The average molecular weight is 379 g/mol. The van der Waals surface area contributed by atoms with Gasteiger partial charge in [-0.1, -0.05) is 13.0 Å². The number of rotatable bonds is 3. The molecule has 144 valence electrons. The van der Waals surface area contributed by atoms with E-state index in [2.05, 4.69) is 34.6 Å². The number of pyridine rings is 1. The van der Waals surface area contributed by atoms with Crippen molar-refractivity contribution in [2.24, 2.45) is 5.41 Å². The number of carbonyl (C=O) groups is 1. The highest BCUT2D eigenvalue weighted by Gasteiger charge is 2.34. The van der Waals surface area contributed by atoms with Gasteiger partial charge in [0, 0.05) is 19.3 Å². The molecule has 28 heavy (non-hydrogen) atoms. The highest BCUT2D eigenvalue weighted by molar-refractivity contribution is 5.94. The summed E-state index contributed by atoms with van der Waals surface area (Å²) in [5, 5.41) is 11.4. The fourth-order valence-electron chi connectivity index (χ4n) is 4.23. The van der Waals surface area contributed by atoms with Crippen molar-refractivity contribution in [3.8, 4) is 11.5 Å². The van der Waals surface area contributed by atoms with Gasteiger partial charge in [0.1, 0.15) is 0 Å². The van der Waals surface area contributed by atoms with Crippen LogP contribution in [-0.4, -0.2) is 50.7 Å². The summed E-state index contributed by atoms with van der Waals surface area (Å²) in [4.78, 5) is 15.0. The van der Waals surface area contributed by atoms with E-state index in [1.807, 2.05) is 11.0 Å². The normalized spacial score (nSPS) is 21.2. The summed E-state index contributed by atoms with van der Waals surface area (Å²) in [6, 6.07) is 9.67. The van der Waals surface area contributed by atoms with Gasteiger partial charge in [-0.2, -0.15) is 4.52 Å². The van der Waals surface area contributed by atoms with Crippen LogP contribution in [0.25, 0.3) is 5.65 Å². The maximum Gasteiger partial charge on any atom is 0.255 e. The van der Waals surface area contributed by atoms with Gasteiger partial charge >= 0.3 is 0 Å². The zero-order valence-electron chi connectivity index (χ0n) is 15.7. The summed E-state index contributed by atoms with van der Waals surface area (Å²) in [7, 11) is 0. The van der Waals surface area contributed by atoms with Crippen molar-refractivity contribution < 1.29 is 14.3 Å². The van der Waals surface area contributed by atoms with E-state index >= 15 is 0 Å².